The van der Waals surface area contributed by atoms with Crippen LogP contribution in [0.1, 0.15) is 11.6 Å². The first-order valence-corrected chi connectivity index (χ1v) is 10.0. The Morgan fingerprint density at radius 2 is 1.78 bits per heavy atom. The van der Waals surface area contributed by atoms with Gasteiger partial charge in [-0.25, -0.2) is 8.42 Å². The lowest BCUT2D eigenvalue weighted by molar-refractivity contribution is 0.264. The fourth-order valence-corrected chi connectivity index (χ4v) is 4.84. The largest absolute Gasteiger partial charge is 0.496 e. The molecule has 1 atom stereocenters. The first kappa shape index (κ1) is 21.5. The SMILES string of the molecule is COc1ccccc1C1CNCCN1S(=O)(=O)c1ccc(N(C)C)cc1.Cl. The third-order valence-corrected chi connectivity index (χ3v) is 6.57. The van der Waals surface area contributed by atoms with Gasteiger partial charge >= 0.3 is 0 Å². The topological polar surface area (TPSA) is 61.9 Å². The molecule has 1 saturated heterocycles. The van der Waals surface area contributed by atoms with E-state index in [1.165, 1.54) is 0 Å². The summed E-state index contributed by atoms with van der Waals surface area (Å²) < 4.78 is 33.6. The lowest BCUT2D eigenvalue weighted by Gasteiger charge is -2.36. The summed E-state index contributed by atoms with van der Waals surface area (Å²) in [7, 11) is 1.85. The Kier molecular flexibility index (Phi) is 7.11. The molecule has 1 fully saturated rings. The fraction of sp³-hybridized carbons (Fsp3) is 0.368. The van der Waals surface area contributed by atoms with Crippen molar-refractivity contribution in [1.29, 1.82) is 0 Å². The van der Waals surface area contributed by atoms with E-state index in [0.29, 0.717) is 30.3 Å². The second kappa shape index (κ2) is 8.93. The van der Waals surface area contributed by atoms with Gasteiger partial charge in [0.25, 0.3) is 0 Å². The van der Waals surface area contributed by atoms with Gasteiger partial charge in [-0.05, 0) is 30.3 Å². The summed E-state index contributed by atoms with van der Waals surface area (Å²) in [5, 5.41) is 3.29. The second-order valence-electron chi connectivity index (χ2n) is 6.47. The van der Waals surface area contributed by atoms with Crippen LogP contribution in [0.15, 0.2) is 53.4 Å². The molecule has 1 heterocycles. The minimum Gasteiger partial charge on any atom is -0.496 e. The van der Waals surface area contributed by atoms with Crippen LogP contribution in [0.25, 0.3) is 0 Å². The molecule has 2 aromatic carbocycles. The van der Waals surface area contributed by atoms with Crippen LogP contribution >= 0.6 is 12.4 Å². The van der Waals surface area contributed by atoms with E-state index in [1.54, 1.807) is 23.5 Å². The van der Waals surface area contributed by atoms with Crippen molar-refractivity contribution in [2.75, 3.05) is 45.7 Å². The molecular formula is C19H26ClN3O3S. The van der Waals surface area contributed by atoms with Crippen molar-refractivity contribution < 1.29 is 13.2 Å². The van der Waals surface area contributed by atoms with E-state index in [2.05, 4.69) is 5.32 Å². The van der Waals surface area contributed by atoms with Crippen molar-refractivity contribution in [3.63, 3.8) is 0 Å². The molecule has 1 aliphatic rings. The highest BCUT2D eigenvalue weighted by molar-refractivity contribution is 7.89. The number of methoxy groups -OCH3 is 1. The molecule has 27 heavy (non-hydrogen) atoms. The lowest BCUT2D eigenvalue weighted by atomic mass is 10.0. The first-order chi connectivity index (χ1) is 12.4. The number of anilines is 1. The Balaban J connectivity index is 0.00000261. The molecule has 1 unspecified atom stereocenters. The van der Waals surface area contributed by atoms with Gasteiger partial charge < -0.3 is 15.0 Å². The Morgan fingerprint density at radius 3 is 2.41 bits per heavy atom. The zero-order chi connectivity index (χ0) is 18.7. The summed E-state index contributed by atoms with van der Waals surface area (Å²) in [4.78, 5) is 2.25. The van der Waals surface area contributed by atoms with Crippen LogP contribution in [-0.4, -0.2) is 53.6 Å². The van der Waals surface area contributed by atoms with E-state index in [1.807, 2.05) is 55.4 Å². The van der Waals surface area contributed by atoms with E-state index in [9.17, 15) is 8.42 Å². The van der Waals surface area contributed by atoms with Crippen LogP contribution in [0.5, 0.6) is 5.75 Å². The standard InChI is InChI=1S/C19H25N3O3S.ClH/c1-21(2)15-8-10-16(11-9-15)26(23,24)22-13-12-20-14-18(22)17-6-4-5-7-19(17)25-3;/h4-11,18,20H,12-14H2,1-3H3;1H. The zero-order valence-electron chi connectivity index (χ0n) is 15.8. The van der Waals surface area contributed by atoms with Crippen LogP contribution in [0.3, 0.4) is 0 Å². The molecule has 0 bridgehead atoms. The molecule has 3 rings (SSSR count). The molecule has 0 spiro atoms. The summed E-state index contributed by atoms with van der Waals surface area (Å²) in [5.41, 5.74) is 1.83. The van der Waals surface area contributed by atoms with Crippen molar-refractivity contribution in [3.05, 3.63) is 54.1 Å². The van der Waals surface area contributed by atoms with Gasteiger partial charge in [0.15, 0.2) is 0 Å². The number of rotatable bonds is 5. The minimum absolute atomic E-state index is 0. The van der Waals surface area contributed by atoms with Gasteiger partial charge in [-0.1, -0.05) is 18.2 Å². The third kappa shape index (κ3) is 4.38. The molecule has 1 aliphatic heterocycles. The number of nitrogens with zero attached hydrogens (tertiary/aromatic N) is 2. The second-order valence-corrected chi connectivity index (χ2v) is 8.36. The highest BCUT2D eigenvalue weighted by Gasteiger charge is 2.35. The van der Waals surface area contributed by atoms with Gasteiger partial charge in [0.1, 0.15) is 5.75 Å². The minimum atomic E-state index is -3.61. The maximum Gasteiger partial charge on any atom is 0.243 e. The molecule has 8 heteroatoms. The molecular weight excluding hydrogens is 386 g/mol. The number of halogens is 1. The predicted molar refractivity (Wildman–Crippen MR) is 111 cm³/mol. The van der Waals surface area contributed by atoms with Gasteiger partial charge in [0.2, 0.25) is 10.0 Å². The van der Waals surface area contributed by atoms with Gasteiger partial charge in [-0.2, -0.15) is 4.31 Å². The maximum absolute atomic E-state index is 13.3. The summed E-state index contributed by atoms with van der Waals surface area (Å²) >= 11 is 0. The molecule has 2 aromatic rings. The number of sulfonamides is 1. The highest BCUT2D eigenvalue weighted by atomic mass is 35.5. The quantitative estimate of drug-likeness (QED) is 0.819. The Bertz CT molecular complexity index is 857. The van der Waals surface area contributed by atoms with Crippen LogP contribution in [0.2, 0.25) is 0 Å². The Hall–Kier alpha value is -1.80. The fourth-order valence-electron chi connectivity index (χ4n) is 3.23. The summed E-state index contributed by atoms with van der Waals surface area (Å²) in [5.74, 6) is 0.698. The van der Waals surface area contributed by atoms with E-state index >= 15 is 0 Å². The summed E-state index contributed by atoms with van der Waals surface area (Å²) in [6, 6.07) is 14.3. The van der Waals surface area contributed by atoms with E-state index < -0.39 is 10.0 Å². The Morgan fingerprint density at radius 1 is 1.11 bits per heavy atom. The molecule has 0 aromatic heterocycles. The molecule has 0 aliphatic carbocycles. The molecule has 0 saturated carbocycles. The van der Waals surface area contributed by atoms with Crippen LogP contribution in [0.4, 0.5) is 5.69 Å². The number of nitrogens with one attached hydrogen (secondary N) is 1. The highest BCUT2D eigenvalue weighted by Crippen LogP contribution is 2.34. The maximum atomic E-state index is 13.3. The molecule has 0 radical (unpaired) electrons. The van der Waals surface area contributed by atoms with Crippen molar-refractivity contribution in [3.8, 4) is 5.75 Å². The molecule has 0 amide bonds. The van der Waals surface area contributed by atoms with Gasteiger partial charge in [-0.3, -0.25) is 0 Å². The average Bonchev–Trinajstić information content (AvgIpc) is 2.68. The van der Waals surface area contributed by atoms with Crippen molar-refractivity contribution in [2.45, 2.75) is 10.9 Å². The molecule has 1 N–H and O–H groups in total. The van der Waals surface area contributed by atoms with E-state index in [-0.39, 0.29) is 18.4 Å². The number of benzene rings is 2. The normalized spacial score (nSPS) is 17.8. The van der Waals surface area contributed by atoms with E-state index in [4.69, 9.17) is 4.74 Å². The predicted octanol–water partition coefficient (Wildman–Crippen LogP) is 2.52. The monoisotopic (exact) mass is 411 g/mol. The summed E-state index contributed by atoms with van der Waals surface area (Å²) in [6.45, 7) is 1.59. The lowest BCUT2D eigenvalue weighted by Crippen LogP contribution is -2.48. The number of hydrogen-bond acceptors (Lipinski definition) is 5. The number of piperazine rings is 1. The molecule has 6 nitrogen and oxygen atoms in total. The number of hydrogen-bond donors (Lipinski definition) is 1. The van der Waals surface area contributed by atoms with Crippen molar-refractivity contribution in [2.24, 2.45) is 0 Å². The number of ether oxygens (including phenoxy) is 1. The van der Waals surface area contributed by atoms with Gasteiger partial charge in [-0.15, -0.1) is 12.4 Å². The summed E-state index contributed by atoms with van der Waals surface area (Å²) in [6.07, 6.45) is 0. The van der Waals surface area contributed by atoms with Gasteiger partial charge in [0, 0.05) is 45.0 Å². The Labute approximate surface area is 167 Å². The van der Waals surface area contributed by atoms with Crippen LogP contribution < -0.4 is 15.0 Å². The van der Waals surface area contributed by atoms with Crippen molar-refractivity contribution in [1.82, 2.24) is 9.62 Å². The zero-order valence-corrected chi connectivity index (χ0v) is 17.4. The van der Waals surface area contributed by atoms with Crippen LogP contribution in [-0.2, 0) is 10.0 Å². The van der Waals surface area contributed by atoms with Gasteiger partial charge in [0.05, 0.1) is 18.0 Å². The first-order valence-electron chi connectivity index (χ1n) is 8.58. The van der Waals surface area contributed by atoms with Crippen molar-refractivity contribution >= 4 is 28.1 Å². The third-order valence-electron chi connectivity index (χ3n) is 4.65. The van der Waals surface area contributed by atoms with Crippen LogP contribution in [0, 0.1) is 0 Å². The number of para-hydroxylation sites is 1. The molecule has 148 valence electrons. The van der Waals surface area contributed by atoms with E-state index in [0.717, 1.165) is 11.3 Å². The smallest absolute Gasteiger partial charge is 0.243 e. The average molecular weight is 412 g/mol.